The van der Waals surface area contributed by atoms with E-state index in [2.05, 4.69) is 15.3 Å². The lowest BCUT2D eigenvalue weighted by Crippen LogP contribution is -2.07. The van der Waals surface area contributed by atoms with Crippen LogP contribution in [0.4, 0.5) is 22.0 Å². The zero-order valence-electron chi connectivity index (χ0n) is 12.1. The Kier molecular flexibility index (Phi) is 4.45. The van der Waals surface area contributed by atoms with Crippen LogP contribution < -0.4 is 0 Å². The second-order valence-corrected chi connectivity index (χ2v) is 5.15. The summed E-state index contributed by atoms with van der Waals surface area (Å²) in [6.45, 7) is 0. The van der Waals surface area contributed by atoms with E-state index in [-0.39, 0.29) is 10.6 Å². The molecule has 0 aliphatic carbocycles. The Labute approximate surface area is 142 Å². The zero-order valence-corrected chi connectivity index (χ0v) is 12.9. The standard InChI is InChI=1S/C15H7F5N4S/c16-9-8(10(17)12(19)13(20)11(9)18)6-21-24-14(22-23-15(24)25)7-4-2-1-3-5-7/h1-6H,(H,23,25)/b21-6+. The fourth-order valence-corrected chi connectivity index (χ4v) is 2.20. The molecule has 4 nitrogen and oxygen atoms in total. The van der Waals surface area contributed by atoms with Crippen LogP contribution in [0.1, 0.15) is 5.56 Å². The topological polar surface area (TPSA) is 46.0 Å². The first-order valence-electron chi connectivity index (χ1n) is 6.70. The summed E-state index contributed by atoms with van der Waals surface area (Å²) in [5.74, 6) is -10.1. The SMILES string of the molecule is Fc1c(F)c(F)c(/C=N/n2c(-c3ccccc3)n[nH]c2=S)c(F)c1F. The van der Waals surface area contributed by atoms with E-state index in [1.54, 1.807) is 30.3 Å². The van der Waals surface area contributed by atoms with Crippen molar-refractivity contribution >= 4 is 18.4 Å². The molecule has 0 atom stereocenters. The molecular weight excluding hydrogens is 363 g/mol. The number of nitrogens with one attached hydrogen (secondary N) is 1. The fraction of sp³-hybridized carbons (Fsp3) is 0. The van der Waals surface area contributed by atoms with Crippen molar-refractivity contribution in [1.82, 2.24) is 14.9 Å². The van der Waals surface area contributed by atoms with Crippen LogP contribution in [0.25, 0.3) is 11.4 Å². The first-order valence-corrected chi connectivity index (χ1v) is 7.11. The maximum absolute atomic E-state index is 13.7. The smallest absolute Gasteiger partial charge is 0.216 e. The third-order valence-electron chi connectivity index (χ3n) is 3.23. The van der Waals surface area contributed by atoms with E-state index in [1.165, 1.54) is 0 Å². The van der Waals surface area contributed by atoms with E-state index in [0.717, 1.165) is 4.68 Å². The van der Waals surface area contributed by atoms with Gasteiger partial charge < -0.3 is 0 Å². The van der Waals surface area contributed by atoms with Gasteiger partial charge in [0.05, 0.1) is 11.8 Å². The van der Waals surface area contributed by atoms with Gasteiger partial charge in [0.15, 0.2) is 29.1 Å². The number of aromatic nitrogens is 3. The molecule has 0 amide bonds. The van der Waals surface area contributed by atoms with Gasteiger partial charge in [-0.2, -0.15) is 14.9 Å². The Hall–Kier alpha value is -2.88. The third kappa shape index (κ3) is 2.95. The van der Waals surface area contributed by atoms with Gasteiger partial charge in [-0.05, 0) is 12.2 Å². The molecule has 1 N–H and O–H groups in total. The molecule has 0 saturated carbocycles. The number of nitrogens with zero attached hydrogens (tertiary/aromatic N) is 3. The third-order valence-corrected chi connectivity index (χ3v) is 3.49. The van der Waals surface area contributed by atoms with Gasteiger partial charge >= 0.3 is 0 Å². The predicted octanol–water partition coefficient (Wildman–Crippen LogP) is 4.19. The fourth-order valence-electron chi connectivity index (χ4n) is 2.02. The van der Waals surface area contributed by atoms with Crippen LogP contribution in [-0.2, 0) is 0 Å². The normalized spacial score (nSPS) is 11.4. The minimum atomic E-state index is -2.24. The average molecular weight is 370 g/mol. The van der Waals surface area contributed by atoms with Crippen LogP contribution in [0.2, 0.25) is 0 Å². The highest BCUT2D eigenvalue weighted by Crippen LogP contribution is 2.22. The van der Waals surface area contributed by atoms with Gasteiger partial charge in [0, 0.05) is 5.56 Å². The molecule has 0 aliphatic rings. The van der Waals surface area contributed by atoms with Crippen molar-refractivity contribution in [2.24, 2.45) is 5.10 Å². The number of H-pyrrole nitrogens is 1. The van der Waals surface area contributed by atoms with E-state index in [0.29, 0.717) is 11.8 Å². The molecule has 1 aromatic heterocycles. The number of halogens is 5. The monoisotopic (exact) mass is 370 g/mol. The van der Waals surface area contributed by atoms with E-state index in [9.17, 15) is 22.0 Å². The lowest BCUT2D eigenvalue weighted by Gasteiger charge is -2.04. The van der Waals surface area contributed by atoms with Crippen molar-refractivity contribution in [1.29, 1.82) is 0 Å². The molecule has 3 aromatic rings. The zero-order chi connectivity index (χ0) is 18.1. The van der Waals surface area contributed by atoms with Crippen LogP contribution in [0.15, 0.2) is 35.4 Å². The summed E-state index contributed by atoms with van der Waals surface area (Å²) in [7, 11) is 0. The number of benzene rings is 2. The van der Waals surface area contributed by atoms with Crippen molar-refractivity contribution in [3.05, 3.63) is 69.8 Å². The molecule has 0 fully saturated rings. The average Bonchev–Trinajstić information content (AvgIpc) is 3.00. The predicted molar refractivity (Wildman–Crippen MR) is 82.1 cm³/mol. The van der Waals surface area contributed by atoms with E-state index >= 15 is 0 Å². The van der Waals surface area contributed by atoms with Gasteiger partial charge in [-0.1, -0.05) is 30.3 Å². The summed E-state index contributed by atoms with van der Waals surface area (Å²) < 4.78 is 67.8. The molecule has 0 bridgehead atoms. The highest BCUT2D eigenvalue weighted by Gasteiger charge is 2.24. The van der Waals surface area contributed by atoms with Gasteiger partial charge in [-0.3, -0.25) is 0 Å². The quantitative estimate of drug-likeness (QED) is 0.247. The van der Waals surface area contributed by atoms with Gasteiger partial charge in [-0.25, -0.2) is 27.1 Å². The maximum Gasteiger partial charge on any atom is 0.216 e. The molecular formula is C15H7F5N4S. The largest absolute Gasteiger partial charge is 0.250 e. The van der Waals surface area contributed by atoms with E-state index in [4.69, 9.17) is 12.2 Å². The lowest BCUT2D eigenvalue weighted by atomic mass is 10.2. The van der Waals surface area contributed by atoms with Gasteiger partial charge in [-0.15, -0.1) is 0 Å². The molecule has 0 spiro atoms. The molecule has 128 valence electrons. The number of hydrogen-bond donors (Lipinski definition) is 1. The van der Waals surface area contributed by atoms with Crippen LogP contribution >= 0.6 is 12.2 Å². The Morgan fingerprint density at radius 2 is 1.48 bits per heavy atom. The Morgan fingerprint density at radius 1 is 0.920 bits per heavy atom. The molecule has 0 saturated heterocycles. The van der Waals surface area contributed by atoms with Gasteiger partial charge in [0.25, 0.3) is 0 Å². The second kappa shape index (κ2) is 6.55. The first-order chi connectivity index (χ1) is 11.9. The Balaban J connectivity index is 2.11. The van der Waals surface area contributed by atoms with E-state index < -0.39 is 34.6 Å². The van der Waals surface area contributed by atoms with Crippen LogP contribution in [0.5, 0.6) is 0 Å². The minimum Gasteiger partial charge on any atom is -0.250 e. The summed E-state index contributed by atoms with van der Waals surface area (Å²) in [5, 5.41) is 10.1. The molecule has 25 heavy (non-hydrogen) atoms. The summed E-state index contributed by atoms with van der Waals surface area (Å²) >= 11 is 4.96. The molecule has 0 aliphatic heterocycles. The molecule has 1 heterocycles. The summed E-state index contributed by atoms with van der Waals surface area (Å²) in [6, 6.07) is 8.54. The van der Waals surface area contributed by atoms with Crippen LogP contribution in [0.3, 0.4) is 0 Å². The number of hydrogen-bond acceptors (Lipinski definition) is 3. The Bertz CT molecular complexity index is 997. The molecule has 2 aromatic carbocycles. The molecule has 0 radical (unpaired) electrons. The Morgan fingerprint density at radius 3 is 2.08 bits per heavy atom. The van der Waals surface area contributed by atoms with Crippen molar-refractivity contribution in [2.45, 2.75) is 0 Å². The second-order valence-electron chi connectivity index (χ2n) is 4.76. The highest BCUT2D eigenvalue weighted by molar-refractivity contribution is 7.71. The number of aromatic amines is 1. The molecule has 10 heteroatoms. The van der Waals surface area contributed by atoms with Crippen molar-refractivity contribution in [3.63, 3.8) is 0 Å². The lowest BCUT2D eigenvalue weighted by molar-refractivity contribution is 0.377. The van der Waals surface area contributed by atoms with Crippen LogP contribution in [-0.4, -0.2) is 21.1 Å². The van der Waals surface area contributed by atoms with Crippen molar-refractivity contribution in [2.75, 3.05) is 0 Å². The highest BCUT2D eigenvalue weighted by atomic mass is 32.1. The molecule has 0 unspecified atom stereocenters. The maximum atomic E-state index is 13.7. The van der Waals surface area contributed by atoms with E-state index in [1.807, 2.05) is 0 Å². The first kappa shape index (κ1) is 17.0. The van der Waals surface area contributed by atoms with Crippen molar-refractivity contribution in [3.8, 4) is 11.4 Å². The summed E-state index contributed by atoms with van der Waals surface area (Å²) in [6.07, 6.45) is 0.494. The molecule has 3 rings (SSSR count). The van der Waals surface area contributed by atoms with Gasteiger partial charge in [0.1, 0.15) is 0 Å². The summed E-state index contributed by atoms with van der Waals surface area (Å²) in [4.78, 5) is 0. The summed E-state index contributed by atoms with van der Waals surface area (Å²) in [5.41, 5.74) is -0.608. The minimum absolute atomic E-state index is 0.0287. The van der Waals surface area contributed by atoms with Crippen molar-refractivity contribution < 1.29 is 22.0 Å². The number of rotatable bonds is 3. The van der Waals surface area contributed by atoms with Crippen LogP contribution in [0, 0.1) is 33.9 Å². The van der Waals surface area contributed by atoms with Gasteiger partial charge in [0.2, 0.25) is 10.6 Å².